The molecule has 112 valence electrons. The van der Waals surface area contributed by atoms with Gasteiger partial charge in [-0.25, -0.2) is 0 Å². The maximum atomic E-state index is 6.16. The van der Waals surface area contributed by atoms with Crippen LogP contribution in [0, 0.1) is 7.14 Å². The fourth-order valence-corrected chi connectivity index (χ4v) is 3.65. The molecule has 0 amide bonds. The van der Waals surface area contributed by atoms with Crippen LogP contribution in [0.1, 0.15) is 0 Å². The molecule has 0 aliphatic heterocycles. The Labute approximate surface area is 161 Å². The lowest BCUT2D eigenvalue weighted by Gasteiger charge is -2.16. The molecule has 0 bridgehead atoms. The van der Waals surface area contributed by atoms with Gasteiger partial charge in [-0.15, -0.1) is 0 Å². The van der Waals surface area contributed by atoms with E-state index < -0.39 is 0 Å². The van der Waals surface area contributed by atoms with Crippen molar-refractivity contribution in [3.8, 4) is 11.3 Å². The number of halogens is 3. The molecule has 5 heteroatoms. The van der Waals surface area contributed by atoms with Crippen molar-refractivity contribution in [2.24, 2.45) is 0 Å². The van der Waals surface area contributed by atoms with Gasteiger partial charge in [0.25, 0.3) is 0 Å². The van der Waals surface area contributed by atoms with Crippen molar-refractivity contribution in [2.75, 3.05) is 11.9 Å². The zero-order chi connectivity index (χ0) is 15.7. The predicted molar refractivity (Wildman–Crippen MR) is 109 cm³/mol. The van der Waals surface area contributed by atoms with Crippen LogP contribution in [0.2, 0.25) is 5.02 Å². The van der Waals surface area contributed by atoms with Crippen LogP contribution in [0.4, 0.5) is 11.6 Å². The van der Waals surface area contributed by atoms with Crippen molar-refractivity contribution in [3.63, 3.8) is 0 Å². The summed E-state index contributed by atoms with van der Waals surface area (Å²) in [5, 5.41) is 0.728. The molecule has 22 heavy (non-hydrogen) atoms. The normalized spacial score (nSPS) is 10.7. The largest absolute Gasteiger partial charge is 0.438 e. The van der Waals surface area contributed by atoms with Crippen LogP contribution >= 0.6 is 56.8 Å². The molecule has 3 aromatic rings. The number of anilines is 2. The van der Waals surface area contributed by atoms with Crippen LogP contribution in [-0.2, 0) is 0 Å². The summed E-state index contributed by atoms with van der Waals surface area (Å²) in [5.74, 6) is 1.74. The van der Waals surface area contributed by atoms with Gasteiger partial charge in [0.1, 0.15) is 0 Å². The average Bonchev–Trinajstić information content (AvgIpc) is 2.84. The van der Waals surface area contributed by atoms with Gasteiger partial charge in [0.15, 0.2) is 5.76 Å². The summed E-state index contributed by atoms with van der Waals surface area (Å²) >= 11 is 10.6. The Morgan fingerprint density at radius 1 is 0.909 bits per heavy atom. The van der Waals surface area contributed by atoms with Crippen molar-refractivity contribution >= 4 is 68.4 Å². The Morgan fingerprint density at radius 2 is 1.55 bits per heavy atom. The minimum absolute atomic E-state index is 0.728. The highest BCUT2D eigenvalue weighted by Gasteiger charge is 2.21. The van der Waals surface area contributed by atoms with Crippen LogP contribution in [0.15, 0.2) is 59.0 Å². The topological polar surface area (TPSA) is 16.4 Å². The maximum absolute atomic E-state index is 6.16. The van der Waals surface area contributed by atoms with Crippen molar-refractivity contribution in [1.82, 2.24) is 0 Å². The Kier molecular flexibility index (Phi) is 4.99. The van der Waals surface area contributed by atoms with Gasteiger partial charge < -0.3 is 9.32 Å². The molecule has 0 saturated carbocycles. The summed E-state index contributed by atoms with van der Waals surface area (Å²) < 4.78 is 8.39. The van der Waals surface area contributed by atoms with Gasteiger partial charge in [-0.1, -0.05) is 41.9 Å². The highest BCUT2D eigenvalue weighted by molar-refractivity contribution is 14.1. The SMILES string of the molecule is CN(c1ccc(Cl)cc1)c1oc(-c2ccccc2)c(I)c1I. The Hall–Kier alpha value is -0.730. The third kappa shape index (κ3) is 3.14. The molecular weight excluding hydrogens is 523 g/mol. The smallest absolute Gasteiger partial charge is 0.214 e. The van der Waals surface area contributed by atoms with Crippen molar-refractivity contribution in [3.05, 3.63) is 66.8 Å². The van der Waals surface area contributed by atoms with Crippen molar-refractivity contribution in [1.29, 1.82) is 0 Å². The lowest BCUT2D eigenvalue weighted by Crippen LogP contribution is -2.09. The second-order valence-electron chi connectivity index (χ2n) is 4.77. The molecular formula is C17H12ClI2NO. The van der Waals surface area contributed by atoms with Crippen LogP contribution in [-0.4, -0.2) is 7.05 Å². The number of nitrogens with zero attached hydrogens (tertiary/aromatic N) is 1. The monoisotopic (exact) mass is 535 g/mol. The summed E-state index contributed by atoms with van der Waals surface area (Å²) in [6, 6.07) is 17.9. The standard InChI is InChI=1S/C17H12ClI2NO/c1-21(13-9-7-12(18)8-10-13)17-15(20)14(19)16(22-17)11-5-3-2-4-6-11/h2-10H,1H3. The Bertz CT molecular complexity index is 784. The highest BCUT2D eigenvalue weighted by Crippen LogP contribution is 2.40. The van der Waals surface area contributed by atoms with Gasteiger partial charge in [-0.2, -0.15) is 0 Å². The quantitative estimate of drug-likeness (QED) is 0.353. The van der Waals surface area contributed by atoms with Crippen LogP contribution in [0.3, 0.4) is 0 Å². The molecule has 0 aliphatic rings. The molecule has 0 atom stereocenters. The fraction of sp³-hybridized carbons (Fsp3) is 0.0588. The van der Waals surface area contributed by atoms with Crippen molar-refractivity contribution < 1.29 is 4.42 Å². The van der Waals surface area contributed by atoms with E-state index in [2.05, 4.69) is 57.3 Å². The van der Waals surface area contributed by atoms with E-state index in [1.165, 1.54) is 0 Å². The van der Waals surface area contributed by atoms with Crippen LogP contribution < -0.4 is 4.90 Å². The molecule has 0 spiro atoms. The molecule has 3 rings (SSSR count). The molecule has 2 aromatic carbocycles. The van der Waals surface area contributed by atoms with E-state index in [1.54, 1.807) is 0 Å². The molecule has 0 N–H and O–H groups in total. The minimum atomic E-state index is 0.728. The Balaban J connectivity index is 2.03. The van der Waals surface area contributed by atoms with Crippen molar-refractivity contribution in [2.45, 2.75) is 0 Å². The number of furan rings is 1. The molecule has 0 aliphatic carbocycles. The predicted octanol–water partition coefficient (Wildman–Crippen LogP) is 6.58. The zero-order valence-electron chi connectivity index (χ0n) is 11.7. The van der Waals surface area contributed by atoms with E-state index >= 15 is 0 Å². The summed E-state index contributed by atoms with van der Waals surface area (Å²) in [7, 11) is 2.00. The number of benzene rings is 2. The van der Waals surface area contributed by atoms with Crippen LogP contribution in [0.5, 0.6) is 0 Å². The van der Waals surface area contributed by atoms with E-state index in [9.17, 15) is 0 Å². The van der Waals surface area contributed by atoms with Gasteiger partial charge >= 0.3 is 0 Å². The first-order valence-corrected chi connectivity index (χ1v) is 9.14. The second-order valence-corrected chi connectivity index (χ2v) is 7.36. The van der Waals surface area contributed by atoms with Gasteiger partial charge in [0.2, 0.25) is 5.88 Å². The molecule has 0 saturated heterocycles. The first kappa shape index (κ1) is 16.1. The average molecular weight is 536 g/mol. The highest BCUT2D eigenvalue weighted by atomic mass is 127. The number of hydrogen-bond donors (Lipinski definition) is 0. The van der Waals surface area contributed by atoms with E-state index in [1.807, 2.05) is 54.4 Å². The van der Waals surface area contributed by atoms with E-state index in [0.717, 1.165) is 35.1 Å². The third-order valence-electron chi connectivity index (χ3n) is 3.33. The summed E-state index contributed by atoms with van der Waals surface area (Å²) in [5.41, 5.74) is 2.12. The minimum Gasteiger partial charge on any atom is -0.438 e. The fourth-order valence-electron chi connectivity index (χ4n) is 2.15. The van der Waals surface area contributed by atoms with Gasteiger partial charge in [0.05, 0.1) is 7.14 Å². The summed E-state index contributed by atoms with van der Waals surface area (Å²) in [6.45, 7) is 0. The maximum Gasteiger partial charge on any atom is 0.214 e. The third-order valence-corrected chi connectivity index (χ3v) is 6.65. The Morgan fingerprint density at radius 3 is 2.18 bits per heavy atom. The molecule has 1 aromatic heterocycles. The molecule has 0 fully saturated rings. The first-order valence-electron chi connectivity index (χ1n) is 6.60. The molecule has 1 heterocycles. The second kappa shape index (κ2) is 6.80. The molecule has 0 unspecified atom stereocenters. The summed E-state index contributed by atoms with van der Waals surface area (Å²) in [6.07, 6.45) is 0. The first-order chi connectivity index (χ1) is 10.6. The molecule has 0 radical (unpaired) electrons. The lowest BCUT2D eigenvalue weighted by molar-refractivity contribution is 0.581. The van der Waals surface area contributed by atoms with E-state index in [0.29, 0.717) is 0 Å². The van der Waals surface area contributed by atoms with E-state index in [4.69, 9.17) is 16.0 Å². The lowest BCUT2D eigenvalue weighted by atomic mass is 10.2. The molecule has 2 nitrogen and oxygen atoms in total. The van der Waals surface area contributed by atoms with Gasteiger partial charge in [0, 0.05) is 23.3 Å². The van der Waals surface area contributed by atoms with Crippen LogP contribution in [0.25, 0.3) is 11.3 Å². The number of hydrogen-bond acceptors (Lipinski definition) is 2. The summed E-state index contributed by atoms with van der Waals surface area (Å²) in [4.78, 5) is 2.03. The van der Waals surface area contributed by atoms with Gasteiger partial charge in [-0.05, 0) is 69.4 Å². The number of rotatable bonds is 3. The zero-order valence-corrected chi connectivity index (χ0v) is 16.8. The van der Waals surface area contributed by atoms with Gasteiger partial charge in [-0.3, -0.25) is 0 Å². The van der Waals surface area contributed by atoms with E-state index in [-0.39, 0.29) is 0 Å².